The number of ether oxygens (including phenoxy) is 1. The van der Waals surface area contributed by atoms with Crippen molar-refractivity contribution in [2.45, 2.75) is 51.7 Å². The quantitative estimate of drug-likeness (QED) is 0.642. The fraction of sp³-hybridized carbons (Fsp3) is 0.857. The molecule has 0 saturated carbocycles. The molecular formula is C14H27N3O4. The summed E-state index contributed by atoms with van der Waals surface area (Å²) in [6.45, 7) is 9.98. The third-order valence-electron chi connectivity index (χ3n) is 3.77. The van der Waals surface area contributed by atoms with Crippen molar-refractivity contribution in [3.8, 4) is 0 Å². The van der Waals surface area contributed by atoms with Crippen molar-refractivity contribution < 1.29 is 19.4 Å². The molecule has 2 amide bonds. The van der Waals surface area contributed by atoms with Gasteiger partial charge in [0.1, 0.15) is 0 Å². The standard InChI is InChI=1S/C14H27N3O4/c1-10(2)17(11(3)4)7-6-15-13(20)16-14(12(18)19)5-8-21-9-14/h10-11H,5-9H2,1-4H3,(H,18,19)(H2,15,16,20). The van der Waals surface area contributed by atoms with E-state index in [2.05, 4.69) is 43.2 Å². The highest BCUT2D eigenvalue weighted by molar-refractivity contribution is 5.86. The molecule has 0 aromatic rings. The lowest BCUT2D eigenvalue weighted by Crippen LogP contribution is -2.58. The van der Waals surface area contributed by atoms with Crippen molar-refractivity contribution in [1.82, 2.24) is 15.5 Å². The van der Waals surface area contributed by atoms with Gasteiger partial charge < -0.3 is 20.5 Å². The van der Waals surface area contributed by atoms with Crippen molar-refractivity contribution in [2.24, 2.45) is 0 Å². The van der Waals surface area contributed by atoms with Crippen LogP contribution in [0.25, 0.3) is 0 Å². The van der Waals surface area contributed by atoms with Crippen LogP contribution in [0.4, 0.5) is 4.79 Å². The first-order chi connectivity index (χ1) is 9.78. The molecule has 0 aromatic carbocycles. The highest BCUT2D eigenvalue weighted by Gasteiger charge is 2.43. The Labute approximate surface area is 126 Å². The van der Waals surface area contributed by atoms with Gasteiger partial charge in [0.2, 0.25) is 0 Å². The number of carboxylic acid groups (broad SMARTS) is 1. The smallest absolute Gasteiger partial charge is 0.332 e. The van der Waals surface area contributed by atoms with E-state index in [1.807, 2.05) is 0 Å². The molecule has 1 heterocycles. The SMILES string of the molecule is CC(C)N(CCNC(=O)NC1(C(=O)O)CCOC1)C(C)C. The second kappa shape index (κ2) is 7.61. The summed E-state index contributed by atoms with van der Waals surface area (Å²) in [5.74, 6) is -1.05. The lowest BCUT2D eigenvalue weighted by atomic mass is 9.99. The molecule has 0 radical (unpaired) electrons. The van der Waals surface area contributed by atoms with Crippen LogP contribution < -0.4 is 10.6 Å². The average molecular weight is 301 g/mol. The molecular weight excluding hydrogens is 274 g/mol. The van der Waals surface area contributed by atoms with Gasteiger partial charge in [-0.3, -0.25) is 4.90 Å². The van der Waals surface area contributed by atoms with Crippen LogP contribution in [0.15, 0.2) is 0 Å². The zero-order chi connectivity index (χ0) is 16.0. The Bertz CT molecular complexity index is 357. The molecule has 0 spiro atoms. The van der Waals surface area contributed by atoms with Crippen molar-refractivity contribution >= 4 is 12.0 Å². The van der Waals surface area contributed by atoms with E-state index in [-0.39, 0.29) is 6.61 Å². The highest BCUT2D eigenvalue weighted by Crippen LogP contribution is 2.18. The molecule has 21 heavy (non-hydrogen) atoms. The number of aliphatic carboxylic acids is 1. The van der Waals surface area contributed by atoms with Crippen molar-refractivity contribution in [3.63, 3.8) is 0 Å². The van der Waals surface area contributed by atoms with Gasteiger partial charge in [0, 0.05) is 38.2 Å². The van der Waals surface area contributed by atoms with Crippen molar-refractivity contribution in [3.05, 3.63) is 0 Å². The Hall–Kier alpha value is -1.34. The number of nitrogens with zero attached hydrogens (tertiary/aromatic N) is 1. The summed E-state index contributed by atoms with van der Waals surface area (Å²) in [5.41, 5.74) is -1.29. The number of rotatable bonds is 7. The normalized spacial score (nSPS) is 22.0. The topological polar surface area (TPSA) is 90.9 Å². The summed E-state index contributed by atoms with van der Waals surface area (Å²) >= 11 is 0. The summed E-state index contributed by atoms with van der Waals surface area (Å²) in [6.07, 6.45) is 0.292. The minimum atomic E-state index is -1.29. The molecule has 1 rings (SSSR count). The Morgan fingerprint density at radius 3 is 2.33 bits per heavy atom. The van der Waals surface area contributed by atoms with Crippen molar-refractivity contribution in [1.29, 1.82) is 0 Å². The zero-order valence-electron chi connectivity index (χ0n) is 13.3. The van der Waals surface area contributed by atoms with E-state index in [0.717, 1.165) is 6.54 Å². The van der Waals surface area contributed by atoms with Crippen LogP contribution in [-0.2, 0) is 9.53 Å². The summed E-state index contributed by atoms with van der Waals surface area (Å²) in [6, 6.07) is 0.322. The van der Waals surface area contributed by atoms with Gasteiger partial charge in [-0.1, -0.05) is 0 Å². The third kappa shape index (κ3) is 4.86. The van der Waals surface area contributed by atoms with E-state index in [1.165, 1.54) is 0 Å². The maximum absolute atomic E-state index is 11.9. The van der Waals surface area contributed by atoms with Gasteiger partial charge in [0.25, 0.3) is 0 Å². The van der Waals surface area contributed by atoms with Gasteiger partial charge >= 0.3 is 12.0 Å². The predicted molar refractivity (Wildman–Crippen MR) is 79.3 cm³/mol. The average Bonchev–Trinajstić information content (AvgIpc) is 2.83. The maximum atomic E-state index is 11.9. The number of carbonyl (C=O) groups excluding carboxylic acids is 1. The summed E-state index contributed by atoms with van der Waals surface area (Å²) in [7, 11) is 0. The van der Waals surface area contributed by atoms with E-state index < -0.39 is 17.5 Å². The van der Waals surface area contributed by atoms with Crippen LogP contribution >= 0.6 is 0 Å². The number of hydrogen-bond donors (Lipinski definition) is 3. The van der Waals surface area contributed by atoms with E-state index in [4.69, 9.17) is 4.74 Å². The van der Waals surface area contributed by atoms with E-state index in [9.17, 15) is 14.7 Å². The summed E-state index contributed by atoms with van der Waals surface area (Å²) in [5, 5.41) is 14.5. The van der Waals surface area contributed by atoms with Gasteiger partial charge in [-0.05, 0) is 27.7 Å². The molecule has 1 aliphatic rings. The number of amides is 2. The lowest BCUT2D eigenvalue weighted by molar-refractivity contribution is -0.144. The second-order valence-corrected chi connectivity index (χ2v) is 6.00. The van der Waals surface area contributed by atoms with Gasteiger partial charge in [0.05, 0.1) is 6.61 Å². The molecule has 1 atom stereocenters. The molecule has 7 heteroatoms. The number of hydrogen-bond acceptors (Lipinski definition) is 4. The molecule has 1 fully saturated rings. The Morgan fingerprint density at radius 2 is 1.90 bits per heavy atom. The predicted octanol–water partition coefficient (Wildman–Crippen LogP) is 0.648. The number of carbonyl (C=O) groups is 2. The van der Waals surface area contributed by atoms with Crippen LogP contribution in [0.5, 0.6) is 0 Å². The second-order valence-electron chi connectivity index (χ2n) is 6.00. The molecule has 3 N–H and O–H groups in total. The number of nitrogens with one attached hydrogen (secondary N) is 2. The molecule has 1 unspecified atom stereocenters. The first-order valence-electron chi connectivity index (χ1n) is 7.41. The molecule has 122 valence electrons. The summed E-state index contributed by atoms with van der Waals surface area (Å²) < 4.78 is 5.10. The van der Waals surface area contributed by atoms with Gasteiger partial charge in [-0.25, -0.2) is 9.59 Å². The van der Waals surface area contributed by atoms with Crippen LogP contribution in [0.3, 0.4) is 0 Å². The Morgan fingerprint density at radius 1 is 1.29 bits per heavy atom. The van der Waals surface area contributed by atoms with Gasteiger partial charge in [-0.2, -0.15) is 0 Å². The van der Waals surface area contributed by atoms with Gasteiger partial charge in [0.15, 0.2) is 5.54 Å². The van der Waals surface area contributed by atoms with E-state index in [1.54, 1.807) is 0 Å². The van der Waals surface area contributed by atoms with Crippen molar-refractivity contribution in [2.75, 3.05) is 26.3 Å². The number of urea groups is 1. The van der Waals surface area contributed by atoms with Crippen LogP contribution in [0.2, 0.25) is 0 Å². The largest absolute Gasteiger partial charge is 0.479 e. The molecule has 1 saturated heterocycles. The van der Waals surface area contributed by atoms with Gasteiger partial charge in [-0.15, -0.1) is 0 Å². The maximum Gasteiger partial charge on any atom is 0.332 e. The Kier molecular flexibility index (Phi) is 6.42. The molecule has 0 aliphatic carbocycles. The first kappa shape index (κ1) is 17.7. The van der Waals surface area contributed by atoms with E-state index in [0.29, 0.717) is 31.7 Å². The fourth-order valence-electron chi connectivity index (χ4n) is 2.56. The first-order valence-corrected chi connectivity index (χ1v) is 7.41. The molecule has 0 bridgehead atoms. The summed E-state index contributed by atoms with van der Waals surface area (Å²) in [4.78, 5) is 25.4. The monoisotopic (exact) mass is 301 g/mol. The number of carboxylic acids is 1. The highest BCUT2D eigenvalue weighted by atomic mass is 16.5. The van der Waals surface area contributed by atoms with Crippen LogP contribution in [0, 0.1) is 0 Å². The van der Waals surface area contributed by atoms with Crippen LogP contribution in [0.1, 0.15) is 34.1 Å². The third-order valence-corrected chi connectivity index (χ3v) is 3.77. The molecule has 0 aromatic heterocycles. The zero-order valence-corrected chi connectivity index (χ0v) is 13.3. The lowest BCUT2D eigenvalue weighted by Gasteiger charge is -2.30. The molecule has 1 aliphatic heterocycles. The molecule has 7 nitrogen and oxygen atoms in total. The van der Waals surface area contributed by atoms with E-state index >= 15 is 0 Å². The minimum absolute atomic E-state index is 0.0138. The fourth-order valence-corrected chi connectivity index (χ4v) is 2.56. The van der Waals surface area contributed by atoms with Crippen LogP contribution in [-0.4, -0.2) is 65.9 Å². The minimum Gasteiger partial charge on any atom is -0.479 e. The Balaban J connectivity index is 2.42.